The van der Waals surface area contributed by atoms with Gasteiger partial charge in [-0.05, 0) is 43.0 Å². The number of benzene rings is 1. The summed E-state index contributed by atoms with van der Waals surface area (Å²) in [5, 5.41) is 9.30. The van der Waals surface area contributed by atoms with Gasteiger partial charge in [0.05, 0.1) is 13.2 Å². The average molecular weight is 247 g/mol. The van der Waals surface area contributed by atoms with Crippen LogP contribution in [0.15, 0.2) is 18.2 Å². The molecule has 0 unspecified atom stereocenters. The van der Waals surface area contributed by atoms with E-state index >= 15 is 0 Å². The Labute approximate surface area is 108 Å². The largest absolute Gasteiger partial charge is 0.493 e. The van der Waals surface area contributed by atoms with Crippen molar-refractivity contribution < 1.29 is 9.84 Å². The third-order valence-corrected chi connectivity index (χ3v) is 4.15. The highest BCUT2D eigenvalue weighted by atomic mass is 16.5. The van der Waals surface area contributed by atoms with Gasteiger partial charge in [-0.25, -0.2) is 0 Å². The highest BCUT2D eigenvalue weighted by Gasteiger charge is 2.23. The maximum absolute atomic E-state index is 9.30. The standard InChI is InChI=1S/C15H21NO2/c17-11-14-2-1-7-16(14)8-5-12-3-4-15-13(10-12)6-9-18-15/h3-4,10,14,17H,1-2,5-9,11H2/t14-/m1/s1. The Balaban J connectivity index is 1.60. The first-order valence-corrected chi connectivity index (χ1v) is 6.96. The molecule has 1 aromatic rings. The van der Waals surface area contributed by atoms with Crippen LogP contribution in [0.25, 0.3) is 0 Å². The lowest BCUT2D eigenvalue weighted by Crippen LogP contribution is -2.33. The summed E-state index contributed by atoms with van der Waals surface area (Å²) in [4.78, 5) is 2.42. The number of fused-ring (bicyclic) bond motifs is 1. The second-order valence-corrected chi connectivity index (χ2v) is 5.31. The number of aliphatic hydroxyl groups is 1. The molecule has 0 aliphatic carbocycles. The van der Waals surface area contributed by atoms with Crippen molar-refractivity contribution in [3.63, 3.8) is 0 Å². The van der Waals surface area contributed by atoms with Gasteiger partial charge < -0.3 is 9.84 Å². The summed E-state index contributed by atoms with van der Waals surface area (Å²) in [6.45, 7) is 3.33. The molecule has 3 heteroatoms. The molecule has 0 aromatic heterocycles. The zero-order chi connectivity index (χ0) is 12.4. The lowest BCUT2D eigenvalue weighted by atomic mass is 10.1. The second-order valence-electron chi connectivity index (χ2n) is 5.31. The minimum atomic E-state index is 0.304. The average Bonchev–Trinajstić information content (AvgIpc) is 3.04. The molecule has 0 amide bonds. The van der Waals surface area contributed by atoms with E-state index in [-0.39, 0.29) is 0 Å². The highest BCUT2D eigenvalue weighted by Crippen LogP contribution is 2.26. The van der Waals surface area contributed by atoms with E-state index < -0.39 is 0 Å². The Morgan fingerprint density at radius 3 is 3.22 bits per heavy atom. The van der Waals surface area contributed by atoms with E-state index in [4.69, 9.17) is 4.74 Å². The molecule has 1 N–H and O–H groups in total. The molecule has 3 rings (SSSR count). The summed E-state index contributed by atoms with van der Waals surface area (Å²) in [7, 11) is 0. The first-order chi connectivity index (χ1) is 8.86. The van der Waals surface area contributed by atoms with Gasteiger partial charge in [0.15, 0.2) is 0 Å². The summed E-state index contributed by atoms with van der Waals surface area (Å²) in [5.41, 5.74) is 2.75. The van der Waals surface area contributed by atoms with Crippen LogP contribution in [0, 0.1) is 0 Å². The second kappa shape index (κ2) is 5.29. The monoisotopic (exact) mass is 247 g/mol. The van der Waals surface area contributed by atoms with Crippen LogP contribution < -0.4 is 4.74 Å². The zero-order valence-electron chi connectivity index (χ0n) is 10.8. The number of rotatable bonds is 4. The molecular weight excluding hydrogens is 226 g/mol. The van der Waals surface area contributed by atoms with Crippen molar-refractivity contribution in [2.24, 2.45) is 0 Å². The van der Waals surface area contributed by atoms with Crippen molar-refractivity contribution in [2.75, 3.05) is 26.3 Å². The van der Waals surface area contributed by atoms with Crippen LogP contribution in [0.3, 0.4) is 0 Å². The maximum Gasteiger partial charge on any atom is 0.122 e. The van der Waals surface area contributed by atoms with E-state index in [1.165, 1.54) is 17.5 Å². The summed E-state index contributed by atoms with van der Waals surface area (Å²) < 4.78 is 5.52. The molecule has 1 saturated heterocycles. The summed E-state index contributed by atoms with van der Waals surface area (Å²) in [5.74, 6) is 1.06. The van der Waals surface area contributed by atoms with E-state index in [0.29, 0.717) is 12.6 Å². The molecule has 2 heterocycles. The van der Waals surface area contributed by atoms with Crippen LogP contribution in [0.2, 0.25) is 0 Å². The van der Waals surface area contributed by atoms with Crippen molar-refractivity contribution in [3.8, 4) is 5.75 Å². The maximum atomic E-state index is 9.30. The minimum absolute atomic E-state index is 0.304. The van der Waals surface area contributed by atoms with Gasteiger partial charge in [0, 0.05) is 19.0 Å². The molecular formula is C15H21NO2. The summed E-state index contributed by atoms with van der Waals surface area (Å²) in [6, 6.07) is 6.95. The number of hydrogen-bond donors (Lipinski definition) is 1. The summed E-state index contributed by atoms with van der Waals surface area (Å²) >= 11 is 0. The van der Waals surface area contributed by atoms with Crippen molar-refractivity contribution in [2.45, 2.75) is 31.7 Å². The SMILES string of the molecule is OC[C@H]1CCCN1CCc1ccc2c(c1)CCO2. The van der Waals surface area contributed by atoms with Crippen LogP contribution in [0.1, 0.15) is 24.0 Å². The van der Waals surface area contributed by atoms with E-state index in [1.54, 1.807) is 0 Å². The van der Waals surface area contributed by atoms with Crippen LogP contribution in [-0.2, 0) is 12.8 Å². The fourth-order valence-electron chi connectivity index (χ4n) is 3.06. The molecule has 1 aromatic carbocycles. The molecule has 1 atom stereocenters. The van der Waals surface area contributed by atoms with Crippen LogP contribution in [0.4, 0.5) is 0 Å². The lowest BCUT2D eigenvalue weighted by molar-refractivity contribution is 0.160. The topological polar surface area (TPSA) is 32.7 Å². The molecule has 0 spiro atoms. The quantitative estimate of drug-likeness (QED) is 0.877. The van der Waals surface area contributed by atoms with Gasteiger partial charge in [-0.15, -0.1) is 0 Å². The predicted octanol–water partition coefficient (Wildman–Crippen LogP) is 1.62. The van der Waals surface area contributed by atoms with Crippen molar-refractivity contribution in [1.29, 1.82) is 0 Å². The van der Waals surface area contributed by atoms with Crippen molar-refractivity contribution >= 4 is 0 Å². The third kappa shape index (κ3) is 2.38. The Hall–Kier alpha value is -1.06. The zero-order valence-corrected chi connectivity index (χ0v) is 10.8. The van der Waals surface area contributed by atoms with E-state index in [9.17, 15) is 5.11 Å². The Morgan fingerprint density at radius 1 is 1.39 bits per heavy atom. The number of hydrogen-bond acceptors (Lipinski definition) is 3. The van der Waals surface area contributed by atoms with Gasteiger partial charge in [-0.3, -0.25) is 4.90 Å². The number of ether oxygens (including phenoxy) is 1. The Morgan fingerprint density at radius 2 is 2.33 bits per heavy atom. The molecule has 3 nitrogen and oxygen atoms in total. The predicted molar refractivity (Wildman–Crippen MR) is 71.0 cm³/mol. The molecule has 98 valence electrons. The first kappa shape index (κ1) is 12.0. The van der Waals surface area contributed by atoms with Gasteiger partial charge in [0.2, 0.25) is 0 Å². The molecule has 0 bridgehead atoms. The molecule has 0 radical (unpaired) electrons. The smallest absolute Gasteiger partial charge is 0.122 e. The fourth-order valence-corrected chi connectivity index (χ4v) is 3.06. The van der Waals surface area contributed by atoms with E-state index in [2.05, 4.69) is 23.1 Å². The number of nitrogens with zero attached hydrogens (tertiary/aromatic N) is 1. The van der Waals surface area contributed by atoms with Gasteiger partial charge >= 0.3 is 0 Å². The molecule has 0 saturated carbocycles. The minimum Gasteiger partial charge on any atom is -0.493 e. The normalized spacial score (nSPS) is 23.1. The van der Waals surface area contributed by atoms with Crippen molar-refractivity contribution in [1.82, 2.24) is 4.90 Å². The third-order valence-electron chi connectivity index (χ3n) is 4.15. The number of likely N-dealkylation sites (tertiary alicyclic amines) is 1. The lowest BCUT2D eigenvalue weighted by Gasteiger charge is -2.22. The van der Waals surface area contributed by atoms with Gasteiger partial charge in [-0.1, -0.05) is 12.1 Å². The van der Waals surface area contributed by atoms with Gasteiger partial charge in [0.1, 0.15) is 5.75 Å². The van der Waals surface area contributed by atoms with Crippen LogP contribution in [-0.4, -0.2) is 42.4 Å². The van der Waals surface area contributed by atoms with Gasteiger partial charge in [-0.2, -0.15) is 0 Å². The van der Waals surface area contributed by atoms with Crippen LogP contribution in [0.5, 0.6) is 5.75 Å². The van der Waals surface area contributed by atoms with E-state index in [1.807, 2.05) is 0 Å². The van der Waals surface area contributed by atoms with Crippen molar-refractivity contribution in [3.05, 3.63) is 29.3 Å². The summed E-state index contributed by atoms with van der Waals surface area (Å²) in [6.07, 6.45) is 4.49. The van der Waals surface area contributed by atoms with E-state index in [0.717, 1.165) is 44.7 Å². The Bertz CT molecular complexity index is 419. The Kier molecular flexibility index (Phi) is 3.52. The molecule has 2 aliphatic rings. The van der Waals surface area contributed by atoms with Gasteiger partial charge in [0.25, 0.3) is 0 Å². The highest BCUT2D eigenvalue weighted by molar-refractivity contribution is 5.39. The molecule has 1 fully saturated rings. The number of aliphatic hydroxyl groups excluding tert-OH is 1. The fraction of sp³-hybridized carbons (Fsp3) is 0.600. The first-order valence-electron chi connectivity index (χ1n) is 6.96. The van der Waals surface area contributed by atoms with Crippen LogP contribution >= 0.6 is 0 Å². The molecule has 2 aliphatic heterocycles. The molecule has 18 heavy (non-hydrogen) atoms.